The summed E-state index contributed by atoms with van der Waals surface area (Å²) in [5, 5.41) is 1.20. The zero-order chi connectivity index (χ0) is 16.5. The molecular weight excluding hydrogens is 306 g/mol. The molecule has 2 rings (SSSR count). The van der Waals surface area contributed by atoms with Gasteiger partial charge in [0.2, 0.25) is 0 Å². The maximum atomic E-state index is 12.0. The Morgan fingerprint density at radius 3 is 2.17 bits per heavy atom. The van der Waals surface area contributed by atoms with Gasteiger partial charge in [-0.15, -0.1) is 0 Å². The zero-order valence-electron chi connectivity index (χ0n) is 12.9. The summed E-state index contributed by atoms with van der Waals surface area (Å²) < 4.78 is 24.1. The van der Waals surface area contributed by atoms with E-state index in [0.29, 0.717) is 0 Å². The van der Waals surface area contributed by atoms with Gasteiger partial charge in [0, 0.05) is 11.4 Å². The van der Waals surface area contributed by atoms with Gasteiger partial charge in [0.1, 0.15) is 0 Å². The van der Waals surface area contributed by atoms with Crippen LogP contribution in [0, 0.1) is 0 Å². The molecule has 2 N–H and O–H groups in total. The van der Waals surface area contributed by atoms with Crippen LogP contribution in [-0.2, 0) is 16.3 Å². The Morgan fingerprint density at radius 2 is 1.52 bits per heavy atom. The van der Waals surface area contributed by atoms with Crippen molar-refractivity contribution in [3.8, 4) is 0 Å². The smallest absolute Gasteiger partial charge is 0.199 e. The molecule has 2 aromatic rings. The average molecular weight is 327 g/mol. The average Bonchev–Trinajstić information content (AvgIpc) is 2.59. The summed E-state index contributed by atoms with van der Waals surface area (Å²) in [6.45, 7) is 0. The second-order valence-corrected chi connectivity index (χ2v) is 7.09. The minimum absolute atomic E-state index is 0.0979. The van der Waals surface area contributed by atoms with Gasteiger partial charge < -0.3 is 5.73 Å². The lowest BCUT2D eigenvalue weighted by Crippen LogP contribution is -2.17. The van der Waals surface area contributed by atoms with Crippen molar-refractivity contribution in [2.75, 3.05) is 0 Å². The number of hydrogen-bond donors (Lipinski definition) is 1. The first-order valence-corrected chi connectivity index (χ1v) is 9.07. The molecule has 1 unspecified atom stereocenters. The fourth-order valence-electron chi connectivity index (χ4n) is 2.12. The van der Waals surface area contributed by atoms with E-state index in [1.54, 1.807) is 36.4 Å². The fourth-order valence-corrected chi connectivity index (χ4v) is 3.11. The standard InChI is InChI=1S/C19H21NO2S/c20-18(15-14-17-9-3-1-4-10-17)11-7-8-16-23(21,22)19-12-5-2-6-13-19/h1-13,16,18H,14-15,20H2. The van der Waals surface area contributed by atoms with Crippen LogP contribution in [0.2, 0.25) is 0 Å². The van der Waals surface area contributed by atoms with Gasteiger partial charge >= 0.3 is 0 Å². The molecule has 0 radical (unpaired) electrons. The predicted octanol–water partition coefficient (Wildman–Crippen LogP) is 3.49. The van der Waals surface area contributed by atoms with Gasteiger partial charge in [-0.1, -0.05) is 66.8 Å². The Bertz CT molecular complexity index is 750. The molecule has 120 valence electrons. The van der Waals surface area contributed by atoms with Crippen LogP contribution in [0.4, 0.5) is 0 Å². The highest BCUT2D eigenvalue weighted by Gasteiger charge is 2.07. The van der Waals surface area contributed by atoms with Crippen molar-refractivity contribution in [1.82, 2.24) is 0 Å². The SMILES string of the molecule is NC(C=CC=CS(=O)(=O)c1ccccc1)CCc1ccccc1. The first-order valence-electron chi connectivity index (χ1n) is 7.52. The van der Waals surface area contributed by atoms with Gasteiger partial charge in [-0.3, -0.25) is 0 Å². The van der Waals surface area contributed by atoms with Crippen molar-refractivity contribution in [2.45, 2.75) is 23.8 Å². The lowest BCUT2D eigenvalue weighted by Gasteiger charge is -2.05. The molecule has 23 heavy (non-hydrogen) atoms. The van der Waals surface area contributed by atoms with Crippen molar-refractivity contribution in [3.63, 3.8) is 0 Å². The topological polar surface area (TPSA) is 60.2 Å². The molecular formula is C19H21NO2S. The van der Waals surface area contributed by atoms with E-state index in [1.165, 1.54) is 17.0 Å². The maximum absolute atomic E-state index is 12.0. The number of hydrogen-bond acceptors (Lipinski definition) is 3. The number of allylic oxidation sites excluding steroid dienone is 2. The Balaban J connectivity index is 1.86. The van der Waals surface area contributed by atoms with Gasteiger partial charge in [0.05, 0.1) is 4.90 Å². The summed E-state index contributed by atoms with van der Waals surface area (Å²) in [4.78, 5) is 0.290. The normalized spacial score (nSPS) is 13.6. The molecule has 0 aliphatic carbocycles. The monoisotopic (exact) mass is 327 g/mol. The molecule has 4 heteroatoms. The van der Waals surface area contributed by atoms with Gasteiger partial charge in [-0.2, -0.15) is 0 Å². The van der Waals surface area contributed by atoms with Crippen molar-refractivity contribution in [3.05, 3.63) is 89.9 Å². The van der Waals surface area contributed by atoms with E-state index >= 15 is 0 Å². The van der Waals surface area contributed by atoms with E-state index in [9.17, 15) is 8.42 Å². The van der Waals surface area contributed by atoms with E-state index in [4.69, 9.17) is 5.73 Å². The highest BCUT2D eigenvalue weighted by Crippen LogP contribution is 2.11. The quantitative estimate of drug-likeness (QED) is 0.792. The first kappa shape index (κ1) is 17.2. The molecule has 0 heterocycles. The number of aryl methyl sites for hydroxylation is 1. The molecule has 0 aliphatic heterocycles. The van der Waals surface area contributed by atoms with Gasteiger partial charge in [0.25, 0.3) is 0 Å². The summed E-state index contributed by atoms with van der Waals surface area (Å²) in [5.41, 5.74) is 7.26. The van der Waals surface area contributed by atoms with E-state index in [0.717, 1.165) is 12.8 Å². The highest BCUT2D eigenvalue weighted by molar-refractivity contribution is 7.94. The van der Waals surface area contributed by atoms with Crippen LogP contribution < -0.4 is 5.73 Å². The summed E-state index contributed by atoms with van der Waals surface area (Å²) in [6, 6.07) is 18.4. The van der Waals surface area contributed by atoms with E-state index < -0.39 is 9.84 Å². The maximum Gasteiger partial charge on any atom is 0.199 e. The van der Waals surface area contributed by atoms with Gasteiger partial charge in [-0.25, -0.2) is 8.42 Å². The molecule has 0 fully saturated rings. The third kappa shape index (κ3) is 5.85. The minimum Gasteiger partial charge on any atom is -0.324 e. The van der Waals surface area contributed by atoms with Crippen molar-refractivity contribution in [1.29, 1.82) is 0 Å². The second kappa shape index (κ2) is 8.46. The Hall–Kier alpha value is -2.17. The molecule has 0 saturated heterocycles. The van der Waals surface area contributed by atoms with Crippen LogP contribution in [0.25, 0.3) is 0 Å². The number of benzene rings is 2. The van der Waals surface area contributed by atoms with E-state index in [1.807, 2.05) is 24.3 Å². The van der Waals surface area contributed by atoms with Crippen LogP contribution in [0.15, 0.2) is 89.2 Å². The second-order valence-electron chi connectivity index (χ2n) is 5.26. The van der Waals surface area contributed by atoms with Crippen LogP contribution in [0.3, 0.4) is 0 Å². The van der Waals surface area contributed by atoms with Crippen molar-refractivity contribution in [2.24, 2.45) is 5.73 Å². The van der Waals surface area contributed by atoms with Crippen LogP contribution >= 0.6 is 0 Å². The van der Waals surface area contributed by atoms with Gasteiger partial charge in [-0.05, 0) is 30.5 Å². The third-order valence-corrected chi connectivity index (χ3v) is 4.85. The highest BCUT2D eigenvalue weighted by atomic mass is 32.2. The molecule has 0 bridgehead atoms. The predicted molar refractivity (Wildman–Crippen MR) is 94.6 cm³/mol. The number of nitrogens with two attached hydrogens (primary N) is 1. The van der Waals surface area contributed by atoms with Crippen LogP contribution in [0.1, 0.15) is 12.0 Å². The first-order chi connectivity index (χ1) is 11.1. The van der Waals surface area contributed by atoms with Gasteiger partial charge in [0.15, 0.2) is 9.84 Å². The molecule has 0 aliphatic rings. The Morgan fingerprint density at radius 1 is 0.913 bits per heavy atom. The molecule has 1 atom stereocenters. The minimum atomic E-state index is -3.39. The molecule has 0 amide bonds. The summed E-state index contributed by atoms with van der Waals surface area (Å²) in [7, 11) is -3.39. The fraction of sp³-hybridized carbons (Fsp3) is 0.158. The summed E-state index contributed by atoms with van der Waals surface area (Å²) in [5.74, 6) is 0. The van der Waals surface area contributed by atoms with Crippen LogP contribution in [-0.4, -0.2) is 14.5 Å². The molecule has 3 nitrogen and oxygen atoms in total. The van der Waals surface area contributed by atoms with E-state index in [2.05, 4.69) is 12.1 Å². The summed E-state index contributed by atoms with van der Waals surface area (Å²) >= 11 is 0. The third-order valence-electron chi connectivity index (χ3n) is 3.41. The lowest BCUT2D eigenvalue weighted by atomic mass is 10.1. The molecule has 0 spiro atoms. The number of rotatable bonds is 7. The largest absolute Gasteiger partial charge is 0.324 e. The zero-order valence-corrected chi connectivity index (χ0v) is 13.7. The molecule has 0 saturated carbocycles. The number of sulfone groups is 1. The van der Waals surface area contributed by atoms with Crippen molar-refractivity contribution < 1.29 is 8.42 Å². The lowest BCUT2D eigenvalue weighted by molar-refractivity contribution is 0.604. The van der Waals surface area contributed by atoms with Crippen molar-refractivity contribution >= 4 is 9.84 Å². The van der Waals surface area contributed by atoms with E-state index in [-0.39, 0.29) is 10.9 Å². The Kier molecular flexibility index (Phi) is 6.32. The molecule has 2 aromatic carbocycles. The Labute approximate surface area is 138 Å². The summed E-state index contributed by atoms with van der Waals surface area (Å²) in [6.07, 6.45) is 6.75. The van der Waals surface area contributed by atoms with Crippen LogP contribution in [0.5, 0.6) is 0 Å². The molecule has 0 aromatic heterocycles.